The average Bonchev–Trinajstić information content (AvgIpc) is 2.37. The molecule has 0 saturated carbocycles. The predicted octanol–water partition coefficient (Wildman–Crippen LogP) is 4.11. The Balaban J connectivity index is 2.27. The molecule has 0 spiro atoms. The van der Waals surface area contributed by atoms with Gasteiger partial charge in [0.05, 0.1) is 11.3 Å². The van der Waals surface area contributed by atoms with Crippen LogP contribution in [0.25, 0.3) is 16.8 Å². The molecule has 3 rings (SSSR count). The molecule has 0 amide bonds. The van der Waals surface area contributed by atoms with Crippen LogP contribution < -0.4 is 0 Å². The Morgan fingerprint density at radius 2 is 1.89 bits per heavy atom. The lowest BCUT2D eigenvalue weighted by Gasteiger charge is -2.30. The molecule has 1 heterocycles. The summed E-state index contributed by atoms with van der Waals surface area (Å²) in [5.74, 6) is 0.113. The van der Waals surface area contributed by atoms with Crippen molar-refractivity contribution in [1.29, 1.82) is 0 Å². The smallest absolute Gasteiger partial charge is 0.173 e. The topological polar surface area (TPSA) is 30.0 Å². The number of aromatic nitrogens is 1. The minimum Gasteiger partial charge on any atom is -0.293 e. The van der Waals surface area contributed by atoms with Gasteiger partial charge in [0.2, 0.25) is 0 Å². The third-order valence-corrected chi connectivity index (χ3v) is 3.74. The zero-order valence-corrected chi connectivity index (χ0v) is 11.5. The number of nitrogens with zero attached hydrogens (tertiary/aromatic N) is 1. The van der Waals surface area contributed by atoms with Gasteiger partial charge >= 0.3 is 0 Å². The summed E-state index contributed by atoms with van der Waals surface area (Å²) in [5.41, 5.74) is 1.51. The molecule has 1 aromatic heterocycles. The minimum atomic E-state index is -0.0763. The van der Waals surface area contributed by atoms with E-state index in [1.807, 2.05) is 42.6 Å². The Morgan fingerprint density at radius 1 is 1.16 bits per heavy atom. The van der Waals surface area contributed by atoms with E-state index in [2.05, 4.69) is 25.8 Å². The summed E-state index contributed by atoms with van der Waals surface area (Å²) in [5, 5.41) is 2.04. The molecule has 1 atom stereocenters. The summed E-state index contributed by atoms with van der Waals surface area (Å²) in [4.78, 5) is 17.2. The first-order valence-electron chi connectivity index (χ1n) is 6.58. The first kappa shape index (κ1) is 12.1. The molecular weight excluding hydrogens is 234 g/mol. The Bertz CT molecular complexity index is 692. The fraction of sp³-hybridized carbons (Fsp3) is 0.294. The Hall–Kier alpha value is -1.96. The van der Waals surface area contributed by atoms with Crippen LogP contribution in [0.1, 0.15) is 36.8 Å². The molecule has 19 heavy (non-hydrogen) atoms. The van der Waals surface area contributed by atoms with Crippen molar-refractivity contribution in [2.45, 2.75) is 20.8 Å². The quantitative estimate of drug-likeness (QED) is 0.705. The molecule has 1 aromatic carbocycles. The van der Waals surface area contributed by atoms with E-state index in [1.165, 1.54) is 0 Å². The highest BCUT2D eigenvalue weighted by molar-refractivity contribution is 6.13. The van der Waals surface area contributed by atoms with E-state index in [1.54, 1.807) is 0 Å². The van der Waals surface area contributed by atoms with Gasteiger partial charge in [-0.1, -0.05) is 51.1 Å². The number of allylic oxidation sites excluding steroid dienone is 1. The standard InChI is InChI=1S/C17H17NO/c1-17(2,3)13-8-9-14-15(16(13)19)12-7-5-4-6-11(12)10-18-14/h4-10,13H,1-3H3. The lowest BCUT2D eigenvalue weighted by Crippen LogP contribution is -2.29. The number of carbonyl (C=O) groups is 1. The van der Waals surface area contributed by atoms with Crippen molar-refractivity contribution in [1.82, 2.24) is 4.98 Å². The van der Waals surface area contributed by atoms with Crippen molar-refractivity contribution >= 4 is 22.6 Å². The molecule has 0 fully saturated rings. The summed E-state index contributed by atoms with van der Waals surface area (Å²) in [6.45, 7) is 6.30. The number of Topliss-reactive ketones (excluding diaryl/α,β-unsaturated/α-hetero) is 1. The summed E-state index contributed by atoms with van der Waals surface area (Å²) in [7, 11) is 0. The second kappa shape index (κ2) is 4.02. The van der Waals surface area contributed by atoms with Crippen LogP contribution in [0, 0.1) is 11.3 Å². The van der Waals surface area contributed by atoms with Crippen LogP contribution in [-0.4, -0.2) is 10.8 Å². The van der Waals surface area contributed by atoms with Crippen LogP contribution in [0.5, 0.6) is 0 Å². The number of ketones is 1. The first-order valence-corrected chi connectivity index (χ1v) is 6.58. The van der Waals surface area contributed by atoms with Crippen LogP contribution in [-0.2, 0) is 0 Å². The molecule has 0 bridgehead atoms. The van der Waals surface area contributed by atoms with Gasteiger partial charge < -0.3 is 0 Å². The molecule has 1 unspecified atom stereocenters. The van der Waals surface area contributed by atoms with E-state index < -0.39 is 0 Å². The van der Waals surface area contributed by atoms with Gasteiger partial charge in [-0.2, -0.15) is 0 Å². The molecule has 96 valence electrons. The fourth-order valence-electron chi connectivity index (χ4n) is 2.68. The van der Waals surface area contributed by atoms with Gasteiger partial charge in [0.1, 0.15) is 0 Å². The van der Waals surface area contributed by atoms with Gasteiger partial charge in [0, 0.05) is 17.5 Å². The van der Waals surface area contributed by atoms with Crippen molar-refractivity contribution in [2.75, 3.05) is 0 Å². The third-order valence-electron chi connectivity index (χ3n) is 3.74. The maximum atomic E-state index is 12.8. The van der Waals surface area contributed by atoms with Crippen molar-refractivity contribution in [2.24, 2.45) is 11.3 Å². The van der Waals surface area contributed by atoms with E-state index in [0.717, 1.165) is 22.0 Å². The van der Waals surface area contributed by atoms with E-state index in [-0.39, 0.29) is 17.1 Å². The molecule has 0 radical (unpaired) electrons. The summed E-state index contributed by atoms with van der Waals surface area (Å²) in [6.07, 6.45) is 5.81. The monoisotopic (exact) mass is 251 g/mol. The highest BCUT2D eigenvalue weighted by Crippen LogP contribution is 2.36. The van der Waals surface area contributed by atoms with Crippen LogP contribution in [0.3, 0.4) is 0 Å². The van der Waals surface area contributed by atoms with Gasteiger partial charge in [0.15, 0.2) is 5.78 Å². The number of hydrogen-bond acceptors (Lipinski definition) is 2. The molecule has 0 aliphatic heterocycles. The lowest BCUT2D eigenvalue weighted by atomic mass is 9.73. The SMILES string of the molecule is CC(C)(C)C1C=Cc2ncc3ccccc3c2C1=O. The maximum absolute atomic E-state index is 12.8. The number of fused-ring (bicyclic) bond motifs is 3. The minimum absolute atomic E-state index is 0.0672. The Labute approximate surface area is 113 Å². The highest BCUT2D eigenvalue weighted by atomic mass is 16.1. The van der Waals surface area contributed by atoms with Crippen molar-refractivity contribution < 1.29 is 4.79 Å². The lowest BCUT2D eigenvalue weighted by molar-refractivity contribution is 0.0869. The second-order valence-electron chi connectivity index (χ2n) is 6.17. The molecule has 2 heteroatoms. The number of hydrogen-bond donors (Lipinski definition) is 0. The van der Waals surface area contributed by atoms with Crippen molar-refractivity contribution in [3.05, 3.63) is 47.8 Å². The van der Waals surface area contributed by atoms with Gasteiger partial charge in [-0.15, -0.1) is 0 Å². The largest absolute Gasteiger partial charge is 0.293 e. The van der Waals surface area contributed by atoms with Gasteiger partial charge in [-0.05, 0) is 16.9 Å². The molecule has 0 saturated heterocycles. The second-order valence-corrected chi connectivity index (χ2v) is 6.17. The van der Waals surface area contributed by atoms with Crippen molar-refractivity contribution in [3.8, 4) is 0 Å². The fourth-order valence-corrected chi connectivity index (χ4v) is 2.68. The maximum Gasteiger partial charge on any atom is 0.173 e. The average molecular weight is 251 g/mol. The summed E-state index contributed by atoms with van der Waals surface area (Å²) < 4.78 is 0. The molecular formula is C17H17NO. The number of benzene rings is 1. The highest BCUT2D eigenvalue weighted by Gasteiger charge is 2.34. The summed E-state index contributed by atoms with van der Waals surface area (Å²) >= 11 is 0. The predicted molar refractivity (Wildman–Crippen MR) is 78.1 cm³/mol. The van der Waals surface area contributed by atoms with Crippen molar-refractivity contribution in [3.63, 3.8) is 0 Å². The van der Waals surface area contributed by atoms with Crippen LogP contribution in [0.15, 0.2) is 36.5 Å². The van der Waals surface area contributed by atoms with E-state index in [4.69, 9.17) is 0 Å². The number of pyridine rings is 1. The van der Waals surface area contributed by atoms with Gasteiger partial charge in [0.25, 0.3) is 0 Å². The molecule has 0 N–H and O–H groups in total. The zero-order chi connectivity index (χ0) is 13.6. The van der Waals surface area contributed by atoms with Crippen LogP contribution >= 0.6 is 0 Å². The van der Waals surface area contributed by atoms with Crippen LogP contribution in [0.4, 0.5) is 0 Å². The zero-order valence-electron chi connectivity index (χ0n) is 11.5. The van der Waals surface area contributed by atoms with Gasteiger partial charge in [-0.3, -0.25) is 9.78 Å². The molecule has 2 nitrogen and oxygen atoms in total. The normalized spacial score (nSPS) is 18.7. The molecule has 1 aliphatic rings. The molecule has 1 aliphatic carbocycles. The Kier molecular flexibility index (Phi) is 2.56. The summed E-state index contributed by atoms with van der Waals surface area (Å²) in [6, 6.07) is 7.95. The van der Waals surface area contributed by atoms with E-state index in [9.17, 15) is 4.79 Å². The Morgan fingerprint density at radius 3 is 2.63 bits per heavy atom. The van der Waals surface area contributed by atoms with Crippen LogP contribution in [0.2, 0.25) is 0 Å². The first-order chi connectivity index (χ1) is 8.98. The molecule has 2 aromatic rings. The number of carbonyl (C=O) groups excluding carboxylic acids is 1. The van der Waals surface area contributed by atoms with E-state index >= 15 is 0 Å². The van der Waals surface area contributed by atoms with Gasteiger partial charge in [-0.25, -0.2) is 0 Å². The number of rotatable bonds is 0. The third kappa shape index (κ3) is 1.88. The van der Waals surface area contributed by atoms with E-state index in [0.29, 0.717) is 0 Å².